The number of rotatable bonds is 6. The SMILES string of the molecule is O=C(/C=C/c1cn(-c2ccccc2)nc1-c1ccccc1)NC1CS(=O)(=O)CC1N1CCCC1. The Morgan fingerprint density at radius 1 is 0.971 bits per heavy atom. The number of para-hydroxylation sites is 1. The highest BCUT2D eigenvalue weighted by Crippen LogP contribution is 2.25. The second-order valence-electron chi connectivity index (χ2n) is 8.91. The van der Waals surface area contributed by atoms with E-state index in [9.17, 15) is 13.2 Å². The number of aromatic nitrogens is 2. The topological polar surface area (TPSA) is 84.3 Å². The molecule has 34 heavy (non-hydrogen) atoms. The molecule has 3 aromatic rings. The zero-order chi connectivity index (χ0) is 23.5. The van der Waals surface area contributed by atoms with Gasteiger partial charge in [-0.3, -0.25) is 9.69 Å². The Morgan fingerprint density at radius 2 is 1.65 bits per heavy atom. The number of carbonyl (C=O) groups excluding carboxylic acids is 1. The number of benzene rings is 2. The molecule has 2 aromatic carbocycles. The minimum absolute atomic E-state index is 0.00501. The average molecular weight is 477 g/mol. The molecule has 0 aliphatic carbocycles. The minimum atomic E-state index is -3.16. The van der Waals surface area contributed by atoms with Gasteiger partial charge >= 0.3 is 0 Å². The first-order valence-corrected chi connectivity index (χ1v) is 13.4. The normalized spacial score (nSPS) is 22.4. The summed E-state index contributed by atoms with van der Waals surface area (Å²) in [6, 6.07) is 19.1. The molecule has 1 amide bonds. The fourth-order valence-electron chi connectivity index (χ4n) is 4.84. The van der Waals surface area contributed by atoms with Crippen molar-refractivity contribution in [2.45, 2.75) is 24.9 Å². The average Bonchev–Trinajstić information content (AvgIpc) is 3.58. The number of likely N-dealkylation sites (tertiary alicyclic amines) is 1. The lowest BCUT2D eigenvalue weighted by Gasteiger charge is -2.28. The van der Waals surface area contributed by atoms with Crippen LogP contribution in [-0.4, -0.2) is 65.7 Å². The lowest BCUT2D eigenvalue weighted by Crippen LogP contribution is -2.49. The molecular weight excluding hydrogens is 448 g/mol. The van der Waals surface area contributed by atoms with Crippen molar-refractivity contribution < 1.29 is 13.2 Å². The third kappa shape index (κ3) is 4.98. The molecule has 2 aliphatic rings. The Labute approximate surface area is 200 Å². The van der Waals surface area contributed by atoms with Crippen LogP contribution in [0.4, 0.5) is 0 Å². The van der Waals surface area contributed by atoms with Crippen molar-refractivity contribution in [2.24, 2.45) is 0 Å². The lowest BCUT2D eigenvalue weighted by atomic mass is 10.1. The van der Waals surface area contributed by atoms with E-state index in [1.54, 1.807) is 10.8 Å². The number of hydrogen-bond donors (Lipinski definition) is 1. The van der Waals surface area contributed by atoms with Gasteiger partial charge in [-0.1, -0.05) is 48.5 Å². The predicted octanol–water partition coefficient (Wildman–Crippen LogP) is 2.93. The molecule has 5 rings (SSSR count). The van der Waals surface area contributed by atoms with Crippen LogP contribution < -0.4 is 5.32 Å². The molecule has 0 radical (unpaired) electrons. The van der Waals surface area contributed by atoms with E-state index in [0.29, 0.717) is 0 Å². The summed E-state index contributed by atoms with van der Waals surface area (Å²) in [4.78, 5) is 15.0. The van der Waals surface area contributed by atoms with Gasteiger partial charge < -0.3 is 5.32 Å². The second kappa shape index (κ2) is 9.56. The van der Waals surface area contributed by atoms with Crippen molar-refractivity contribution in [3.8, 4) is 16.9 Å². The molecule has 2 fully saturated rings. The molecule has 2 saturated heterocycles. The maximum absolute atomic E-state index is 12.8. The van der Waals surface area contributed by atoms with Crippen molar-refractivity contribution in [2.75, 3.05) is 24.6 Å². The first kappa shape index (κ1) is 22.6. The van der Waals surface area contributed by atoms with Gasteiger partial charge in [-0.2, -0.15) is 5.10 Å². The second-order valence-corrected chi connectivity index (χ2v) is 11.1. The van der Waals surface area contributed by atoms with Crippen LogP contribution in [0.25, 0.3) is 23.0 Å². The van der Waals surface area contributed by atoms with Crippen molar-refractivity contribution in [1.82, 2.24) is 20.0 Å². The summed E-state index contributed by atoms with van der Waals surface area (Å²) in [5.41, 5.74) is 3.45. The first-order valence-electron chi connectivity index (χ1n) is 11.6. The molecule has 1 N–H and O–H groups in total. The fourth-order valence-corrected chi connectivity index (χ4v) is 6.79. The van der Waals surface area contributed by atoms with Crippen molar-refractivity contribution in [1.29, 1.82) is 0 Å². The van der Waals surface area contributed by atoms with Crippen molar-refractivity contribution in [3.63, 3.8) is 0 Å². The summed E-state index contributed by atoms with van der Waals surface area (Å²) < 4.78 is 26.4. The summed E-state index contributed by atoms with van der Waals surface area (Å²) >= 11 is 0. The summed E-state index contributed by atoms with van der Waals surface area (Å²) in [6.45, 7) is 1.78. The Bertz CT molecular complexity index is 1280. The van der Waals surface area contributed by atoms with E-state index in [4.69, 9.17) is 5.10 Å². The van der Waals surface area contributed by atoms with Gasteiger partial charge in [0, 0.05) is 29.4 Å². The number of amides is 1. The standard InChI is InChI=1S/C26H28N4O3S/c31-25(27-23-18-34(32,33)19-24(23)29-15-7-8-16-29)14-13-21-17-30(22-11-5-2-6-12-22)28-26(21)20-9-3-1-4-10-20/h1-6,9-14,17,23-24H,7-8,15-16,18-19H2,(H,27,31)/b14-13+. The van der Waals surface area contributed by atoms with E-state index in [1.807, 2.05) is 66.9 Å². The van der Waals surface area contributed by atoms with E-state index in [1.165, 1.54) is 6.08 Å². The molecule has 176 valence electrons. The zero-order valence-electron chi connectivity index (χ0n) is 18.9. The molecule has 2 aliphatic heterocycles. The molecule has 2 atom stereocenters. The van der Waals surface area contributed by atoms with E-state index in [2.05, 4.69) is 10.2 Å². The van der Waals surface area contributed by atoms with Crippen LogP contribution in [0.3, 0.4) is 0 Å². The number of carbonyl (C=O) groups is 1. The van der Waals surface area contributed by atoms with Gasteiger partial charge in [-0.05, 0) is 44.1 Å². The smallest absolute Gasteiger partial charge is 0.244 e. The van der Waals surface area contributed by atoms with E-state index in [-0.39, 0.29) is 29.5 Å². The minimum Gasteiger partial charge on any atom is -0.347 e. The third-order valence-electron chi connectivity index (χ3n) is 6.48. The molecular formula is C26H28N4O3S. The Kier molecular flexibility index (Phi) is 6.34. The first-order chi connectivity index (χ1) is 16.5. The predicted molar refractivity (Wildman–Crippen MR) is 133 cm³/mol. The van der Waals surface area contributed by atoms with Gasteiger partial charge in [0.15, 0.2) is 9.84 Å². The van der Waals surface area contributed by atoms with Crippen LogP contribution in [0, 0.1) is 0 Å². The molecule has 3 heterocycles. The fraction of sp³-hybridized carbons (Fsp3) is 0.308. The molecule has 0 saturated carbocycles. The maximum Gasteiger partial charge on any atom is 0.244 e. The van der Waals surface area contributed by atoms with Gasteiger partial charge in [-0.25, -0.2) is 13.1 Å². The quantitative estimate of drug-likeness (QED) is 0.553. The largest absolute Gasteiger partial charge is 0.347 e. The van der Waals surface area contributed by atoms with Gasteiger partial charge in [-0.15, -0.1) is 0 Å². The van der Waals surface area contributed by atoms with Crippen LogP contribution in [0.5, 0.6) is 0 Å². The molecule has 0 spiro atoms. The number of hydrogen-bond acceptors (Lipinski definition) is 5. The summed E-state index contributed by atoms with van der Waals surface area (Å²) in [7, 11) is -3.16. The molecule has 1 aromatic heterocycles. The van der Waals surface area contributed by atoms with Gasteiger partial charge in [0.05, 0.1) is 28.9 Å². The number of sulfone groups is 1. The molecule has 0 bridgehead atoms. The van der Waals surface area contributed by atoms with E-state index >= 15 is 0 Å². The lowest BCUT2D eigenvalue weighted by molar-refractivity contribution is -0.117. The van der Waals surface area contributed by atoms with Gasteiger partial charge in [0.25, 0.3) is 0 Å². The Hall–Kier alpha value is -3.23. The highest BCUT2D eigenvalue weighted by molar-refractivity contribution is 7.91. The summed E-state index contributed by atoms with van der Waals surface area (Å²) in [5, 5.41) is 7.72. The van der Waals surface area contributed by atoms with Crippen LogP contribution in [0.2, 0.25) is 0 Å². The molecule has 7 nitrogen and oxygen atoms in total. The highest BCUT2D eigenvalue weighted by atomic mass is 32.2. The van der Waals surface area contributed by atoms with Crippen LogP contribution in [-0.2, 0) is 14.6 Å². The van der Waals surface area contributed by atoms with Crippen molar-refractivity contribution in [3.05, 3.63) is 78.5 Å². The van der Waals surface area contributed by atoms with E-state index in [0.717, 1.165) is 48.4 Å². The Morgan fingerprint density at radius 3 is 2.35 bits per heavy atom. The zero-order valence-corrected chi connectivity index (χ0v) is 19.7. The van der Waals surface area contributed by atoms with Gasteiger partial charge in [0.2, 0.25) is 5.91 Å². The summed E-state index contributed by atoms with van der Waals surface area (Å²) in [6.07, 6.45) is 7.27. The van der Waals surface area contributed by atoms with Crippen LogP contribution in [0.1, 0.15) is 18.4 Å². The monoisotopic (exact) mass is 476 g/mol. The maximum atomic E-state index is 12.8. The number of nitrogens with zero attached hydrogens (tertiary/aromatic N) is 3. The van der Waals surface area contributed by atoms with Crippen LogP contribution >= 0.6 is 0 Å². The van der Waals surface area contributed by atoms with Crippen LogP contribution in [0.15, 0.2) is 72.9 Å². The summed E-state index contributed by atoms with van der Waals surface area (Å²) in [5.74, 6) is -0.184. The number of nitrogens with one attached hydrogen (secondary N) is 1. The molecule has 8 heteroatoms. The van der Waals surface area contributed by atoms with Crippen molar-refractivity contribution >= 4 is 21.8 Å². The molecule has 2 unspecified atom stereocenters. The van der Waals surface area contributed by atoms with E-state index < -0.39 is 9.84 Å². The third-order valence-corrected chi connectivity index (χ3v) is 8.20. The highest BCUT2D eigenvalue weighted by Gasteiger charge is 2.42. The Balaban J connectivity index is 1.38. The van der Waals surface area contributed by atoms with Gasteiger partial charge in [0.1, 0.15) is 0 Å².